The quantitative estimate of drug-likeness (QED) is 0.285. The molecular formula is C12H12Cl2N2O3. The van der Waals surface area contributed by atoms with Gasteiger partial charge in [0.15, 0.2) is 5.17 Å². The average molecular weight is 303 g/mol. The standard InChI is InChI=1S/C8H8ClNO.C4H4ClNO2/c1-6-4-2-3-5-7(6)8(9)10-11;5-6-3(7)1-2-4(6)8/h2-5,11H,1H3;1-2H2. The number of imide groups is 1. The molecule has 0 aliphatic carbocycles. The number of amides is 2. The van der Waals surface area contributed by atoms with Gasteiger partial charge in [-0.05, 0) is 12.5 Å². The monoisotopic (exact) mass is 302 g/mol. The molecule has 0 aromatic heterocycles. The van der Waals surface area contributed by atoms with E-state index in [9.17, 15) is 9.59 Å². The minimum atomic E-state index is -0.295. The molecule has 1 aliphatic rings. The van der Waals surface area contributed by atoms with E-state index < -0.39 is 0 Å². The van der Waals surface area contributed by atoms with Crippen molar-refractivity contribution in [2.75, 3.05) is 0 Å². The van der Waals surface area contributed by atoms with E-state index in [-0.39, 0.29) is 29.8 Å². The molecule has 0 radical (unpaired) electrons. The van der Waals surface area contributed by atoms with Gasteiger partial charge >= 0.3 is 0 Å². The van der Waals surface area contributed by atoms with Gasteiger partial charge in [0.2, 0.25) is 11.8 Å². The van der Waals surface area contributed by atoms with Crippen LogP contribution in [0.3, 0.4) is 0 Å². The summed E-state index contributed by atoms with van der Waals surface area (Å²) < 4.78 is 0.639. The Bertz CT molecular complexity index is 501. The first-order valence-electron chi connectivity index (χ1n) is 5.42. The van der Waals surface area contributed by atoms with Crippen LogP contribution in [0.25, 0.3) is 0 Å². The van der Waals surface area contributed by atoms with Crippen molar-refractivity contribution < 1.29 is 14.8 Å². The van der Waals surface area contributed by atoms with E-state index in [0.29, 0.717) is 4.42 Å². The number of hydrogen-bond acceptors (Lipinski definition) is 4. The van der Waals surface area contributed by atoms with Crippen molar-refractivity contribution in [2.24, 2.45) is 5.16 Å². The van der Waals surface area contributed by atoms with Crippen LogP contribution in [0.1, 0.15) is 24.0 Å². The highest BCUT2D eigenvalue weighted by atomic mass is 35.5. The maximum Gasteiger partial charge on any atom is 0.244 e. The molecule has 1 N–H and O–H groups in total. The highest BCUT2D eigenvalue weighted by Gasteiger charge is 2.26. The fourth-order valence-corrected chi connectivity index (χ4v) is 1.79. The average Bonchev–Trinajstić information content (AvgIpc) is 2.70. The fraction of sp³-hybridized carbons (Fsp3) is 0.250. The van der Waals surface area contributed by atoms with Gasteiger partial charge in [0.05, 0.1) is 0 Å². The van der Waals surface area contributed by atoms with E-state index in [1.807, 2.05) is 25.1 Å². The van der Waals surface area contributed by atoms with Gasteiger partial charge in [-0.2, -0.15) is 4.42 Å². The lowest BCUT2D eigenvalue weighted by molar-refractivity contribution is -0.132. The molecule has 0 bridgehead atoms. The number of benzene rings is 1. The summed E-state index contributed by atoms with van der Waals surface area (Å²) in [6.07, 6.45) is 0.532. The molecule has 102 valence electrons. The number of carbonyl (C=O) groups is 2. The van der Waals surface area contributed by atoms with Crippen LogP contribution in [0.2, 0.25) is 0 Å². The van der Waals surface area contributed by atoms with E-state index in [1.165, 1.54) is 0 Å². The zero-order valence-electron chi connectivity index (χ0n) is 10.1. The molecule has 1 heterocycles. The molecule has 0 unspecified atom stereocenters. The zero-order chi connectivity index (χ0) is 14.4. The van der Waals surface area contributed by atoms with Crippen LogP contribution in [0.5, 0.6) is 0 Å². The van der Waals surface area contributed by atoms with Crippen molar-refractivity contribution in [3.8, 4) is 0 Å². The Morgan fingerprint density at radius 2 is 1.79 bits per heavy atom. The van der Waals surface area contributed by atoms with Crippen molar-refractivity contribution in [1.29, 1.82) is 0 Å². The maximum atomic E-state index is 10.4. The number of oxime groups is 1. The van der Waals surface area contributed by atoms with Gasteiger partial charge in [0, 0.05) is 30.2 Å². The molecule has 2 rings (SSSR count). The van der Waals surface area contributed by atoms with E-state index in [2.05, 4.69) is 5.16 Å². The zero-order valence-corrected chi connectivity index (χ0v) is 11.6. The molecule has 1 aromatic carbocycles. The van der Waals surface area contributed by atoms with Gasteiger partial charge < -0.3 is 5.21 Å². The van der Waals surface area contributed by atoms with Crippen LogP contribution < -0.4 is 0 Å². The highest BCUT2D eigenvalue weighted by molar-refractivity contribution is 6.69. The molecule has 1 fully saturated rings. The molecular weight excluding hydrogens is 291 g/mol. The van der Waals surface area contributed by atoms with Crippen LogP contribution >= 0.6 is 23.4 Å². The fourth-order valence-electron chi connectivity index (χ4n) is 1.41. The van der Waals surface area contributed by atoms with Crippen molar-refractivity contribution in [2.45, 2.75) is 19.8 Å². The third-order valence-electron chi connectivity index (χ3n) is 2.45. The summed E-state index contributed by atoms with van der Waals surface area (Å²) in [4.78, 5) is 20.7. The Hall–Kier alpha value is -1.59. The highest BCUT2D eigenvalue weighted by Crippen LogP contribution is 2.12. The number of halogens is 2. The van der Waals surface area contributed by atoms with E-state index >= 15 is 0 Å². The first-order chi connectivity index (χ1) is 8.97. The van der Waals surface area contributed by atoms with Crippen LogP contribution in [0, 0.1) is 6.92 Å². The maximum absolute atomic E-state index is 10.4. The molecule has 1 aliphatic heterocycles. The largest absolute Gasteiger partial charge is 0.410 e. The molecule has 1 aromatic rings. The first kappa shape index (κ1) is 15.5. The van der Waals surface area contributed by atoms with Crippen LogP contribution in [-0.2, 0) is 9.59 Å². The molecule has 0 atom stereocenters. The summed E-state index contributed by atoms with van der Waals surface area (Å²) in [7, 11) is 0. The number of hydrogen-bond donors (Lipinski definition) is 1. The SMILES string of the molecule is Cc1ccccc1C(Cl)=NO.O=C1CCC(=O)N1Cl. The third kappa shape index (κ3) is 4.22. The van der Waals surface area contributed by atoms with Gasteiger partial charge in [-0.25, -0.2) is 0 Å². The molecule has 1 saturated heterocycles. The predicted octanol–water partition coefficient (Wildman–Crippen LogP) is 2.66. The van der Waals surface area contributed by atoms with Gasteiger partial charge in [-0.3, -0.25) is 9.59 Å². The summed E-state index contributed by atoms with van der Waals surface area (Å²) in [6, 6.07) is 7.45. The summed E-state index contributed by atoms with van der Waals surface area (Å²) in [5.41, 5.74) is 1.76. The van der Waals surface area contributed by atoms with Gasteiger partial charge in [-0.1, -0.05) is 41.0 Å². The summed E-state index contributed by atoms with van der Waals surface area (Å²) >= 11 is 10.7. The van der Waals surface area contributed by atoms with E-state index in [1.54, 1.807) is 6.07 Å². The number of aryl methyl sites for hydroxylation is 1. The smallest absolute Gasteiger partial charge is 0.244 e. The van der Waals surface area contributed by atoms with Crippen molar-refractivity contribution in [1.82, 2.24) is 4.42 Å². The van der Waals surface area contributed by atoms with Crippen molar-refractivity contribution >= 4 is 40.4 Å². The second kappa shape index (κ2) is 7.11. The molecule has 7 heteroatoms. The lowest BCUT2D eigenvalue weighted by atomic mass is 10.1. The minimum absolute atomic E-state index is 0.128. The van der Waals surface area contributed by atoms with Crippen LogP contribution in [-0.4, -0.2) is 26.6 Å². The van der Waals surface area contributed by atoms with Gasteiger partial charge in [0.25, 0.3) is 0 Å². The van der Waals surface area contributed by atoms with Crippen LogP contribution in [0.15, 0.2) is 29.4 Å². The Labute approximate surface area is 120 Å². The number of rotatable bonds is 1. The molecule has 0 spiro atoms. The minimum Gasteiger partial charge on any atom is -0.410 e. The van der Waals surface area contributed by atoms with Gasteiger partial charge in [0.1, 0.15) is 0 Å². The lowest BCUT2D eigenvalue weighted by Gasteiger charge is -1.99. The first-order valence-corrected chi connectivity index (χ1v) is 6.14. The Balaban J connectivity index is 0.000000200. The van der Waals surface area contributed by atoms with Gasteiger partial charge in [-0.15, -0.1) is 0 Å². The molecule has 19 heavy (non-hydrogen) atoms. The Morgan fingerprint density at radius 3 is 2.16 bits per heavy atom. The Morgan fingerprint density at radius 1 is 1.26 bits per heavy atom. The summed E-state index contributed by atoms with van der Waals surface area (Å²) in [5.74, 6) is -0.590. The number of carbonyl (C=O) groups excluding carboxylic acids is 2. The summed E-state index contributed by atoms with van der Waals surface area (Å²) in [5, 5.41) is 11.4. The molecule has 5 nitrogen and oxygen atoms in total. The van der Waals surface area contributed by atoms with E-state index in [4.69, 9.17) is 28.6 Å². The summed E-state index contributed by atoms with van der Waals surface area (Å²) in [6.45, 7) is 1.91. The van der Waals surface area contributed by atoms with E-state index in [0.717, 1.165) is 11.1 Å². The second-order valence-corrected chi connectivity index (χ2v) is 4.47. The molecule has 2 amide bonds. The molecule has 0 saturated carbocycles. The van der Waals surface area contributed by atoms with Crippen molar-refractivity contribution in [3.05, 3.63) is 35.4 Å². The normalized spacial score (nSPS) is 15.3. The third-order valence-corrected chi connectivity index (χ3v) is 3.10. The Kier molecular flexibility index (Phi) is 5.79. The predicted molar refractivity (Wildman–Crippen MR) is 72.3 cm³/mol. The topological polar surface area (TPSA) is 70.0 Å². The lowest BCUT2D eigenvalue weighted by Crippen LogP contribution is -2.16. The second-order valence-electron chi connectivity index (χ2n) is 3.77. The van der Waals surface area contributed by atoms with Crippen LogP contribution in [0.4, 0.5) is 0 Å². The number of nitrogens with zero attached hydrogens (tertiary/aromatic N) is 2. The van der Waals surface area contributed by atoms with Crippen molar-refractivity contribution in [3.63, 3.8) is 0 Å².